The molecule has 0 amide bonds. The molecule has 0 saturated heterocycles. The third-order valence-corrected chi connectivity index (χ3v) is 2.61. The van der Waals surface area contributed by atoms with Crippen LogP contribution in [-0.2, 0) is 0 Å². The Labute approximate surface area is 84.3 Å². The highest BCUT2D eigenvalue weighted by molar-refractivity contribution is 4.70. The van der Waals surface area contributed by atoms with Gasteiger partial charge in [-0.1, -0.05) is 52.9 Å². The van der Waals surface area contributed by atoms with Crippen LogP contribution in [0.25, 0.3) is 0 Å². The van der Waals surface area contributed by atoms with Crippen molar-refractivity contribution in [3.05, 3.63) is 0 Å². The van der Waals surface area contributed by atoms with Gasteiger partial charge in [-0.2, -0.15) is 0 Å². The first kappa shape index (κ1) is 13.0. The molecule has 0 aromatic carbocycles. The molecule has 13 heavy (non-hydrogen) atoms. The minimum absolute atomic E-state index is 0.487. The van der Waals surface area contributed by atoms with E-state index in [1.807, 2.05) is 7.05 Å². The fraction of sp³-hybridized carbons (Fsp3) is 1.00. The fourth-order valence-electron chi connectivity index (χ4n) is 1.77. The van der Waals surface area contributed by atoms with Crippen molar-refractivity contribution in [3.63, 3.8) is 0 Å². The molecule has 0 bridgehead atoms. The molecule has 0 aromatic rings. The monoisotopic (exact) mass is 185 g/mol. The van der Waals surface area contributed by atoms with Crippen LogP contribution in [0.15, 0.2) is 0 Å². The van der Waals surface area contributed by atoms with Gasteiger partial charge in [-0.3, -0.25) is 0 Å². The Hall–Kier alpha value is -0.0400. The van der Waals surface area contributed by atoms with Gasteiger partial charge in [-0.25, -0.2) is 0 Å². The quantitative estimate of drug-likeness (QED) is 0.570. The second-order valence-electron chi connectivity index (χ2n) is 4.86. The molecule has 0 rings (SSSR count). The first-order valence-corrected chi connectivity index (χ1v) is 5.77. The first-order chi connectivity index (χ1) is 6.12. The van der Waals surface area contributed by atoms with Crippen molar-refractivity contribution in [2.45, 2.75) is 59.3 Å². The zero-order valence-corrected chi connectivity index (χ0v) is 9.95. The Bertz CT molecular complexity index is 108. The normalized spacial score (nSPS) is 12.0. The topological polar surface area (TPSA) is 12.0 Å². The molecule has 0 aromatic heterocycles. The zero-order chi connectivity index (χ0) is 10.2. The van der Waals surface area contributed by atoms with E-state index >= 15 is 0 Å². The number of rotatable bonds is 8. The van der Waals surface area contributed by atoms with Crippen LogP contribution in [0.4, 0.5) is 0 Å². The van der Waals surface area contributed by atoms with Crippen molar-refractivity contribution in [1.29, 1.82) is 0 Å². The van der Waals surface area contributed by atoms with Gasteiger partial charge in [0.1, 0.15) is 0 Å². The number of hydrogen-bond acceptors (Lipinski definition) is 1. The molecule has 80 valence electrons. The van der Waals surface area contributed by atoms with Gasteiger partial charge < -0.3 is 5.32 Å². The minimum atomic E-state index is 0.487. The van der Waals surface area contributed by atoms with Crippen LogP contribution in [0.5, 0.6) is 0 Å². The zero-order valence-electron chi connectivity index (χ0n) is 9.95. The second-order valence-corrected chi connectivity index (χ2v) is 4.86. The minimum Gasteiger partial charge on any atom is -0.319 e. The lowest BCUT2D eigenvalue weighted by Gasteiger charge is -2.23. The van der Waals surface area contributed by atoms with Crippen molar-refractivity contribution >= 4 is 0 Å². The molecular formula is C12H27N. The average molecular weight is 185 g/mol. The molecule has 1 nitrogen and oxygen atoms in total. The van der Waals surface area contributed by atoms with Crippen LogP contribution in [0.3, 0.4) is 0 Å². The molecular weight excluding hydrogens is 158 g/mol. The van der Waals surface area contributed by atoms with E-state index in [0.717, 1.165) is 6.54 Å². The van der Waals surface area contributed by atoms with Crippen molar-refractivity contribution in [3.8, 4) is 0 Å². The Morgan fingerprint density at radius 2 is 1.62 bits per heavy atom. The lowest BCUT2D eigenvalue weighted by Crippen LogP contribution is -2.26. The van der Waals surface area contributed by atoms with E-state index in [1.54, 1.807) is 0 Å². The fourth-order valence-corrected chi connectivity index (χ4v) is 1.77. The van der Waals surface area contributed by atoms with E-state index in [4.69, 9.17) is 0 Å². The molecule has 0 aliphatic carbocycles. The molecule has 0 radical (unpaired) electrons. The van der Waals surface area contributed by atoms with E-state index < -0.39 is 0 Å². The van der Waals surface area contributed by atoms with Crippen LogP contribution in [0.2, 0.25) is 0 Å². The first-order valence-electron chi connectivity index (χ1n) is 5.77. The SMILES string of the molecule is CCCCCCCC(C)(C)CNC. The molecule has 0 aliphatic heterocycles. The van der Waals surface area contributed by atoms with Gasteiger partial charge in [0.15, 0.2) is 0 Å². The third-order valence-electron chi connectivity index (χ3n) is 2.61. The summed E-state index contributed by atoms with van der Waals surface area (Å²) in [7, 11) is 2.04. The Balaban J connectivity index is 3.29. The Morgan fingerprint density at radius 3 is 2.15 bits per heavy atom. The highest BCUT2D eigenvalue weighted by Gasteiger charge is 2.15. The summed E-state index contributed by atoms with van der Waals surface area (Å²) < 4.78 is 0. The van der Waals surface area contributed by atoms with Crippen LogP contribution in [0.1, 0.15) is 59.3 Å². The summed E-state index contributed by atoms with van der Waals surface area (Å²) in [6.45, 7) is 8.11. The van der Waals surface area contributed by atoms with Crippen molar-refractivity contribution in [2.75, 3.05) is 13.6 Å². The maximum Gasteiger partial charge on any atom is -0.0000488 e. The maximum absolute atomic E-state index is 3.26. The Kier molecular flexibility index (Phi) is 7.35. The maximum atomic E-state index is 3.26. The molecule has 0 aliphatic rings. The van der Waals surface area contributed by atoms with E-state index in [2.05, 4.69) is 26.1 Å². The lowest BCUT2D eigenvalue weighted by molar-refractivity contribution is 0.310. The molecule has 0 spiro atoms. The smallest absolute Gasteiger partial charge is 0.0000488 e. The molecule has 0 fully saturated rings. The molecule has 1 N–H and O–H groups in total. The van der Waals surface area contributed by atoms with Gasteiger partial charge in [0.25, 0.3) is 0 Å². The number of hydrogen-bond donors (Lipinski definition) is 1. The van der Waals surface area contributed by atoms with Crippen molar-refractivity contribution in [1.82, 2.24) is 5.32 Å². The van der Waals surface area contributed by atoms with Gasteiger partial charge in [0.2, 0.25) is 0 Å². The van der Waals surface area contributed by atoms with Gasteiger partial charge in [-0.05, 0) is 25.4 Å². The predicted octanol–water partition coefficient (Wildman–Crippen LogP) is 3.59. The Morgan fingerprint density at radius 1 is 1.00 bits per heavy atom. The highest BCUT2D eigenvalue weighted by Crippen LogP contribution is 2.22. The number of nitrogens with one attached hydrogen (secondary N) is 1. The van der Waals surface area contributed by atoms with Crippen molar-refractivity contribution < 1.29 is 0 Å². The van der Waals surface area contributed by atoms with Crippen LogP contribution >= 0.6 is 0 Å². The van der Waals surface area contributed by atoms with Gasteiger partial charge in [0.05, 0.1) is 0 Å². The predicted molar refractivity (Wildman–Crippen MR) is 61.1 cm³/mol. The summed E-state index contributed by atoms with van der Waals surface area (Å²) in [4.78, 5) is 0. The summed E-state index contributed by atoms with van der Waals surface area (Å²) in [5.41, 5.74) is 0.487. The van der Waals surface area contributed by atoms with E-state index in [1.165, 1.54) is 38.5 Å². The highest BCUT2D eigenvalue weighted by atomic mass is 14.8. The second kappa shape index (κ2) is 7.37. The summed E-state index contributed by atoms with van der Waals surface area (Å²) >= 11 is 0. The molecule has 0 saturated carbocycles. The average Bonchev–Trinajstić information content (AvgIpc) is 2.04. The number of unbranched alkanes of at least 4 members (excludes halogenated alkanes) is 4. The molecule has 0 heterocycles. The van der Waals surface area contributed by atoms with E-state index in [9.17, 15) is 0 Å². The summed E-state index contributed by atoms with van der Waals surface area (Å²) in [6, 6.07) is 0. The van der Waals surface area contributed by atoms with E-state index in [-0.39, 0.29) is 0 Å². The molecule has 1 heteroatoms. The van der Waals surface area contributed by atoms with Gasteiger partial charge >= 0.3 is 0 Å². The largest absolute Gasteiger partial charge is 0.319 e. The summed E-state index contributed by atoms with van der Waals surface area (Å²) in [5, 5.41) is 3.26. The van der Waals surface area contributed by atoms with E-state index in [0.29, 0.717) is 5.41 Å². The van der Waals surface area contributed by atoms with Crippen molar-refractivity contribution in [2.24, 2.45) is 5.41 Å². The van der Waals surface area contributed by atoms with Crippen LogP contribution in [-0.4, -0.2) is 13.6 Å². The summed E-state index contributed by atoms with van der Waals surface area (Å²) in [6.07, 6.45) is 8.35. The third kappa shape index (κ3) is 8.29. The molecule has 0 unspecified atom stereocenters. The standard InChI is InChI=1S/C12H27N/c1-5-6-7-8-9-10-12(2,3)11-13-4/h13H,5-11H2,1-4H3. The van der Waals surface area contributed by atoms with Gasteiger partial charge in [0, 0.05) is 0 Å². The van der Waals surface area contributed by atoms with Crippen LogP contribution < -0.4 is 5.32 Å². The summed E-state index contributed by atoms with van der Waals surface area (Å²) in [5.74, 6) is 0. The van der Waals surface area contributed by atoms with Crippen LogP contribution in [0, 0.1) is 5.41 Å². The molecule has 0 atom stereocenters. The lowest BCUT2D eigenvalue weighted by atomic mass is 9.87. The van der Waals surface area contributed by atoms with Gasteiger partial charge in [-0.15, -0.1) is 0 Å².